The van der Waals surface area contributed by atoms with Gasteiger partial charge >= 0.3 is 0 Å². The van der Waals surface area contributed by atoms with Crippen LogP contribution in [0.5, 0.6) is 0 Å². The van der Waals surface area contributed by atoms with E-state index in [2.05, 4.69) is 20.4 Å². The molecule has 0 aromatic carbocycles. The molecule has 4 nitrogen and oxygen atoms in total. The molecule has 0 saturated carbocycles. The van der Waals surface area contributed by atoms with Crippen LogP contribution in [0.15, 0.2) is 0 Å². The first kappa shape index (κ1) is 12.6. The van der Waals surface area contributed by atoms with Gasteiger partial charge < -0.3 is 5.43 Å². The van der Waals surface area contributed by atoms with E-state index in [4.69, 9.17) is 11.6 Å². The van der Waals surface area contributed by atoms with Crippen LogP contribution in [-0.4, -0.2) is 28.1 Å². The summed E-state index contributed by atoms with van der Waals surface area (Å²) in [5.41, 5.74) is 4.29. The largest absolute Gasteiger partial charge is 0.303 e. The maximum absolute atomic E-state index is 6.11. The minimum atomic E-state index is 0.552. The van der Waals surface area contributed by atoms with Gasteiger partial charge in [-0.1, -0.05) is 24.9 Å². The number of aryl methyl sites for hydroxylation is 1. The molecule has 0 spiro atoms. The Morgan fingerprint density at radius 1 is 1.24 bits per heavy atom. The van der Waals surface area contributed by atoms with E-state index in [9.17, 15) is 0 Å². The number of anilines is 1. The van der Waals surface area contributed by atoms with Gasteiger partial charge in [-0.05, 0) is 19.8 Å². The summed E-state index contributed by atoms with van der Waals surface area (Å²) in [7, 11) is 0. The van der Waals surface area contributed by atoms with E-state index in [0.29, 0.717) is 5.15 Å². The maximum Gasteiger partial charge on any atom is 0.148 e. The highest BCUT2D eigenvalue weighted by atomic mass is 35.5. The van der Waals surface area contributed by atoms with Crippen molar-refractivity contribution in [2.75, 3.05) is 18.5 Å². The molecule has 1 saturated heterocycles. The van der Waals surface area contributed by atoms with Crippen LogP contribution in [-0.2, 0) is 6.42 Å². The van der Waals surface area contributed by atoms with Crippen molar-refractivity contribution >= 4 is 17.4 Å². The first-order valence-corrected chi connectivity index (χ1v) is 6.63. The van der Waals surface area contributed by atoms with E-state index in [1.165, 1.54) is 19.3 Å². The maximum atomic E-state index is 6.11. The molecule has 1 aliphatic heterocycles. The highest BCUT2D eigenvalue weighted by molar-refractivity contribution is 6.30. The minimum Gasteiger partial charge on any atom is -0.303 e. The van der Waals surface area contributed by atoms with E-state index in [0.717, 1.165) is 36.7 Å². The van der Waals surface area contributed by atoms with Crippen LogP contribution in [0.2, 0.25) is 5.15 Å². The van der Waals surface area contributed by atoms with E-state index < -0.39 is 0 Å². The lowest BCUT2D eigenvalue weighted by molar-refractivity contribution is 0.272. The third-order valence-electron chi connectivity index (χ3n) is 3.07. The Hall–Kier alpha value is -0.870. The van der Waals surface area contributed by atoms with Gasteiger partial charge in [0.2, 0.25) is 0 Å². The SMILES string of the molecule is CCc1nc(Cl)c(C)c(NN2CCCCC2)n1. The van der Waals surface area contributed by atoms with Crippen LogP contribution in [0.1, 0.15) is 37.6 Å². The zero-order chi connectivity index (χ0) is 12.3. The Bertz CT molecular complexity index is 388. The van der Waals surface area contributed by atoms with Crippen molar-refractivity contribution in [2.45, 2.75) is 39.5 Å². The quantitative estimate of drug-likeness (QED) is 0.843. The lowest BCUT2D eigenvalue weighted by atomic mass is 10.2. The lowest BCUT2D eigenvalue weighted by Gasteiger charge is -2.28. The fourth-order valence-electron chi connectivity index (χ4n) is 1.96. The molecule has 17 heavy (non-hydrogen) atoms. The van der Waals surface area contributed by atoms with Gasteiger partial charge in [-0.15, -0.1) is 0 Å². The molecule has 1 fully saturated rings. The predicted octanol–water partition coefficient (Wildman–Crippen LogP) is 2.81. The minimum absolute atomic E-state index is 0.552. The molecule has 1 N–H and O–H groups in total. The highest BCUT2D eigenvalue weighted by Gasteiger charge is 2.14. The van der Waals surface area contributed by atoms with Crippen LogP contribution in [0.25, 0.3) is 0 Å². The molecule has 0 aliphatic carbocycles. The van der Waals surface area contributed by atoms with Gasteiger partial charge in [0.25, 0.3) is 0 Å². The molecule has 1 aliphatic rings. The summed E-state index contributed by atoms with van der Waals surface area (Å²) in [6, 6.07) is 0. The highest BCUT2D eigenvalue weighted by Crippen LogP contribution is 2.21. The van der Waals surface area contributed by atoms with Crippen molar-refractivity contribution < 1.29 is 0 Å². The van der Waals surface area contributed by atoms with E-state index in [-0.39, 0.29) is 0 Å². The molecule has 5 heteroatoms. The first-order chi connectivity index (χ1) is 8.20. The number of halogens is 1. The van der Waals surface area contributed by atoms with E-state index in [1.54, 1.807) is 0 Å². The standard InChI is InChI=1S/C12H19ClN4/c1-3-10-14-11(13)9(2)12(15-10)16-17-7-5-4-6-8-17/h3-8H2,1-2H3,(H,14,15,16). The second kappa shape index (κ2) is 5.65. The molecule has 0 bridgehead atoms. The topological polar surface area (TPSA) is 41.1 Å². The van der Waals surface area contributed by atoms with Crippen LogP contribution < -0.4 is 5.43 Å². The number of hydrogen-bond donors (Lipinski definition) is 1. The number of hydrogen-bond acceptors (Lipinski definition) is 4. The van der Waals surface area contributed by atoms with Gasteiger partial charge in [-0.3, -0.25) is 0 Å². The summed E-state index contributed by atoms with van der Waals surface area (Å²) in [5, 5.41) is 2.77. The lowest BCUT2D eigenvalue weighted by Crippen LogP contribution is -2.35. The molecule has 0 amide bonds. The average Bonchev–Trinajstić information content (AvgIpc) is 2.36. The molecule has 0 radical (unpaired) electrons. The van der Waals surface area contributed by atoms with Gasteiger partial charge in [0.05, 0.1) is 0 Å². The molecule has 0 atom stereocenters. The Balaban J connectivity index is 2.15. The molecule has 1 aromatic rings. The van der Waals surface area contributed by atoms with Crippen molar-refractivity contribution in [3.8, 4) is 0 Å². The number of rotatable bonds is 3. The van der Waals surface area contributed by atoms with Crippen molar-refractivity contribution in [2.24, 2.45) is 0 Å². The van der Waals surface area contributed by atoms with Crippen molar-refractivity contribution in [3.63, 3.8) is 0 Å². The van der Waals surface area contributed by atoms with Crippen molar-refractivity contribution in [1.29, 1.82) is 0 Å². The second-order valence-electron chi connectivity index (χ2n) is 4.42. The summed E-state index contributed by atoms with van der Waals surface area (Å²) in [5.74, 6) is 1.64. The number of piperidine rings is 1. The van der Waals surface area contributed by atoms with Gasteiger partial charge in [-0.2, -0.15) is 0 Å². The zero-order valence-electron chi connectivity index (χ0n) is 10.5. The van der Waals surface area contributed by atoms with E-state index >= 15 is 0 Å². The van der Waals surface area contributed by atoms with Gasteiger partial charge in [0, 0.05) is 25.1 Å². The number of aromatic nitrogens is 2. The predicted molar refractivity (Wildman–Crippen MR) is 70.2 cm³/mol. The van der Waals surface area contributed by atoms with Crippen LogP contribution in [0, 0.1) is 6.92 Å². The summed E-state index contributed by atoms with van der Waals surface area (Å²) in [6.45, 7) is 6.13. The smallest absolute Gasteiger partial charge is 0.148 e. The molecule has 1 aromatic heterocycles. The number of hydrazine groups is 1. The Morgan fingerprint density at radius 2 is 1.94 bits per heavy atom. The Labute approximate surface area is 107 Å². The van der Waals surface area contributed by atoms with Gasteiger partial charge in [0.1, 0.15) is 16.8 Å². The number of nitrogens with zero attached hydrogens (tertiary/aromatic N) is 3. The second-order valence-corrected chi connectivity index (χ2v) is 4.78. The van der Waals surface area contributed by atoms with Crippen LogP contribution in [0.4, 0.5) is 5.82 Å². The fourth-order valence-corrected chi connectivity index (χ4v) is 2.14. The molecule has 2 heterocycles. The molecule has 94 valence electrons. The summed E-state index contributed by atoms with van der Waals surface area (Å²) >= 11 is 6.11. The zero-order valence-corrected chi connectivity index (χ0v) is 11.2. The summed E-state index contributed by atoms with van der Waals surface area (Å²) in [6.07, 6.45) is 4.60. The first-order valence-electron chi connectivity index (χ1n) is 6.25. The Morgan fingerprint density at radius 3 is 2.59 bits per heavy atom. The van der Waals surface area contributed by atoms with Gasteiger partial charge in [0.15, 0.2) is 0 Å². The fraction of sp³-hybridized carbons (Fsp3) is 0.667. The Kier molecular flexibility index (Phi) is 4.18. The van der Waals surface area contributed by atoms with Crippen LogP contribution in [0.3, 0.4) is 0 Å². The molecule has 2 rings (SSSR count). The normalized spacial score (nSPS) is 17.1. The van der Waals surface area contributed by atoms with Crippen molar-refractivity contribution in [3.05, 3.63) is 16.5 Å². The summed E-state index contributed by atoms with van der Waals surface area (Å²) < 4.78 is 0. The molecular formula is C12H19ClN4. The molecule has 0 unspecified atom stereocenters. The average molecular weight is 255 g/mol. The molecular weight excluding hydrogens is 236 g/mol. The third-order valence-corrected chi connectivity index (χ3v) is 3.44. The monoisotopic (exact) mass is 254 g/mol. The third kappa shape index (κ3) is 3.07. The summed E-state index contributed by atoms with van der Waals surface area (Å²) in [4.78, 5) is 8.74. The van der Waals surface area contributed by atoms with E-state index in [1.807, 2.05) is 13.8 Å². The van der Waals surface area contributed by atoms with Crippen LogP contribution >= 0.6 is 11.6 Å². The van der Waals surface area contributed by atoms with Crippen molar-refractivity contribution in [1.82, 2.24) is 15.0 Å². The number of nitrogens with one attached hydrogen (secondary N) is 1. The van der Waals surface area contributed by atoms with Gasteiger partial charge in [-0.25, -0.2) is 15.0 Å².